The molecule has 21 heavy (non-hydrogen) atoms. The first-order valence-corrected chi connectivity index (χ1v) is 7.36. The summed E-state index contributed by atoms with van der Waals surface area (Å²) in [5, 5.41) is 0. The van der Waals surface area contributed by atoms with E-state index in [1.54, 1.807) is 14.0 Å². The van der Waals surface area contributed by atoms with E-state index in [4.69, 9.17) is 10.5 Å². The summed E-state index contributed by atoms with van der Waals surface area (Å²) in [7, 11) is 1.64. The Balaban J connectivity index is 2.47. The number of imidazole rings is 1. The van der Waals surface area contributed by atoms with E-state index in [1.807, 2.05) is 18.2 Å². The van der Waals surface area contributed by atoms with Crippen molar-refractivity contribution in [2.24, 2.45) is 5.73 Å². The number of carbonyl (C=O) groups excluding carboxylic acids is 1. The average Bonchev–Trinajstić information content (AvgIpc) is 2.82. The molecule has 2 rings (SSSR count). The molecule has 5 nitrogen and oxygen atoms in total. The van der Waals surface area contributed by atoms with Crippen molar-refractivity contribution in [2.45, 2.75) is 45.7 Å². The number of hydrogen-bond donors (Lipinski definition) is 1. The van der Waals surface area contributed by atoms with E-state index in [1.165, 1.54) is 0 Å². The quantitative estimate of drug-likeness (QED) is 0.851. The highest BCUT2D eigenvalue weighted by Crippen LogP contribution is 2.25. The normalized spacial score (nSPS) is 12.6. The topological polar surface area (TPSA) is 70.1 Å². The number of ketones is 1. The molecule has 0 radical (unpaired) electrons. The molecule has 1 heterocycles. The zero-order valence-electron chi connectivity index (χ0n) is 12.9. The molecule has 5 heteroatoms. The van der Waals surface area contributed by atoms with Gasteiger partial charge in [0, 0.05) is 19.0 Å². The molecule has 0 fully saturated rings. The van der Waals surface area contributed by atoms with Gasteiger partial charge in [-0.15, -0.1) is 0 Å². The van der Waals surface area contributed by atoms with Gasteiger partial charge in [-0.2, -0.15) is 0 Å². The fourth-order valence-corrected chi connectivity index (χ4v) is 2.48. The van der Waals surface area contributed by atoms with E-state index in [-0.39, 0.29) is 11.8 Å². The summed E-state index contributed by atoms with van der Waals surface area (Å²) in [5.74, 6) is 1.79. The molecule has 0 bridgehead atoms. The zero-order valence-corrected chi connectivity index (χ0v) is 12.9. The third-order valence-electron chi connectivity index (χ3n) is 3.60. The Morgan fingerprint density at radius 3 is 2.86 bits per heavy atom. The third kappa shape index (κ3) is 3.42. The molecular weight excluding hydrogens is 266 g/mol. The van der Waals surface area contributed by atoms with E-state index in [9.17, 15) is 4.79 Å². The molecule has 2 N–H and O–H groups in total. The van der Waals surface area contributed by atoms with Crippen LogP contribution in [0, 0.1) is 0 Å². The molecular formula is C16H23N3O2. The largest absolute Gasteiger partial charge is 0.497 e. The second-order valence-corrected chi connectivity index (χ2v) is 5.32. The number of methoxy groups -OCH3 is 1. The van der Waals surface area contributed by atoms with Crippen LogP contribution in [0.1, 0.15) is 45.0 Å². The Morgan fingerprint density at radius 2 is 2.24 bits per heavy atom. The van der Waals surface area contributed by atoms with Crippen LogP contribution in [0.15, 0.2) is 18.2 Å². The summed E-state index contributed by atoms with van der Waals surface area (Å²) in [6, 6.07) is 5.68. The molecule has 1 atom stereocenters. The second-order valence-electron chi connectivity index (χ2n) is 5.32. The standard InChI is InChI=1S/C16H23N3O2/c1-4-5-13(17)16-18-14-10-12(21-3)6-7-15(14)19(16)9-8-11(2)20/h6-7,10,13H,4-5,8-9,17H2,1-3H3. The molecule has 1 aromatic heterocycles. The van der Waals surface area contributed by atoms with Crippen LogP contribution in [0.3, 0.4) is 0 Å². The van der Waals surface area contributed by atoms with Gasteiger partial charge < -0.3 is 15.0 Å². The highest BCUT2D eigenvalue weighted by Gasteiger charge is 2.17. The summed E-state index contributed by atoms with van der Waals surface area (Å²) in [6.07, 6.45) is 2.37. The van der Waals surface area contributed by atoms with Gasteiger partial charge in [-0.1, -0.05) is 13.3 Å². The Kier molecular flexibility index (Phi) is 4.96. The van der Waals surface area contributed by atoms with Crippen LogP contribution < -0.4 is 10.5 Å². The lowest BCUT2D eigenvalue weighted by atomic mass is 10.1. The van der Waals surface area contributed by atoms with E-state index in [0.29, 0.717) is 13.0 Å². The number of benzene rings is 1. The van der Waals surface area contributed by atoms with Gasteiger partial charge in [-0.05, 0) is 25.5 Å². The Bertz CT molecular complexity index is 634. The number of rotatable bonds is 7. The predicted octanol–water partition coefficient (Wildman–Crippen LogP) is 2.82. The summed E-state index contributed by atoms with van der Waals surface area (Å²) in [5.41, 5.74) is 8.11. The molecule has 2 aromatic rings. The maximum Gasteiger partial charge on any atom is 0.131 e. The van der Waals surface area contributed by atoms with Crippen molar-refractivity contribution in [3.8, 4) is 5.75 Å². The van der Waals surface area contributed by atoms with Crippen LogP contribution in [0.4, 0.5) is 0 Å². The fraction of sp³-hybridized carbons (Fsp3) is 0.500. The first-order chi connectivity index (χ1) is 10.1. The first kappa shape index (κ1) is 15.5. The first-order valence-electron chi connectivity index (χ1n) is 7.36. The van der Waals surface area contributed by atoms with Crippen molar-refractivity contribution in [2.75, 3.05) is 7.11 Å². The van der Waals surface area contributed by atoms with Gasteiger partial charge in [0.05, 0.1) is 24.2 Å². The van der Waals surface area contributed by atoms with Crippen molar-refractivity contribution in [1.29, 1.82) is 0 Å². The van der Waals surface area contributed by atoms with E-state index < -0.39 is 0 Å². The van der Waals surface area contributed by atoms with Gasteiger partial charge in [0.1, 0.15) is 17.4 Å². The second kappa shape index (κ2) is 6.72. The molecule has 1 aromatic carbocycles. The van der Waals surface area contributed by atoms with Crippen LogP contribution in [-0.2, 0) is 11.3 Å². The van der Waals surface area contributed by atoms with E-state index >= 15 is 0 Å². The van der Waals surface area contributed by atoms with E-state index in [2.05, 4.69) is 16.5 Å². The number of hydrogen-bond acceptors (Lipinski definition) is 4. The molecule has 0 saturated heterocycles. The van der Waals surface area contributed by atoms with Crippen molar-refractivity contribution >= 4 is 16.8 Å². The Hall–Kier alpha value is -1.88. The number of carbonyl (C=O) groups is 1. The molecule has 114 valence electrons. The lowest BCUT2D eigenvalue weighted by molar-refractivity contribution is -0.117. The van der Waals surface area contributed by atoms with Gasteiger partial charge >= 0.3 is 0 Å². The number of nitrogens with two attached hydrogens (primary N) is 1. The number of Topliss-reactive ketones (excluding diaryl/α,β-unsaturated/α-hetero) is 1. The molecule has 0 aliphatic heterocycles. The van der Waals surface area contributed by atoms with Crippen LogP contribution >= 0.6 is 0 Å². The average molecular weight is 289 g/mol. The van der Waals surface area contributed by atoms with Crippen molar-refractivity contribution in [3.63, 3.8) is 0 Å². The van der Waals surface area contributed by atoms with Crippen molar-refractivity contribution in [1.82, 2.24) is 9.55 Å². The molecule has 0 saturated carbocycles. The molecule has 0 aliphatic rings. The third-order valence-corrected chi connectivity index (χ3v) is 3.60. The number of aromatic nitrogens is 2. The van der Waals surface area contributed by atoms with Crippen LogP contribution in [0.5, 0.6) is 5.75 Å². The minimum Gasteiger partial charge on any atom is -0.497 e. The maximum absolute atomic E-state index is 11.3. The van der Waals surface area contributed by atoms with Gasteiger partial charge in [-0.3, -0.25) is 4.79 Å². The summed E-state index contributed by atoms with van der Waals surface area (Å²) < 4.78 is 7.31. The molecule has 0 spiro atoms. The minimum absolute atomic E-state index is 0.111. The SMILES string of the molecule is CCCC(N)c1nc2cc(OC)ccc2n1CCC(C)=O. The highest BCUT2D eigenvalue weighted by molar-refractivity contribution is 5.79. The number of fused-ring (bicyclic) bond motifs is 1. The molecule has 0 aliphatic carbocycles. The molecule has 0 amide bonds. The van der Waals surface area contributed by atoms with Crippen LogP contribution in [-0.4, -0.2) is 22.4 Å². The monoisotopic (exact) mass is 289 g/mol. The Morgan fingerprint density at radius 1 is 1.48 bits per heavy atom. The van der Waals surface area contributed by atoms with Crippen LogP contribution in [0.25, 0.3) is 11.0 Å². The van der Waals surface area contributed by atoms with Gasteiger partial charge in [0.25, 0.3) is 0 Å². The predicted molar refractivity (Wildman–Crippen MR) is 83.4 cm³/mol. The van der Waals surface area contributed by atoms with E-state index in [0.717, 1.165) is 35.4 Å². The summed E-state index contributed by atoms with van der Waals surface area (Å²) in [4.78, 5) is 16.0. The van der Waals surface area contributed by atoms with Gasteiger partial charge in [0.2, 0.25) is 0 Å². The summed E-state index contributed by atoms with van der Waals surface area (Å²) >= 11 is 0. The number of nitrogens with zero attached hydrogens (tertiary/aromatic N) is 2. The fourth-order valence-electron chi connectivity index (χ4n) is 2.48. The van der Waals surface area contributed by atoms with Crippen molar-refractivity contribution < 1.29 is 9.53 Å². The smallest absolute Gasteiger partial charge is 0.131 e. The van der Waals surface area contributed by atoms with Crippen molar-refractivity contribution in [3.05, 3.63) is 24.0 Å². The summed E-state index contributed by atoms with van der Waals surface area (Å²) in [6.45, 7) is 4.32. The van der Waals surface area contributed by atoms with Crippen LogP contribution in [0.2, 0.25) is 0 Å². The number of ether oxygens (including phenoxy) is 1. The lowest BCUT2D eigenvalue weighted by Crippen LogP contribution is -2.17. The maximum atomic E-state index is 11.3. The van der Waals surface area contributed by atoms with Gasteiger partial charge in [0.15, 0.2) is 0 Å². The lowest BCUT2D eigenvalue weighted by Gasteiger charge is -2.13. The number of aryl methyl sites for hydroxylation is 1. The molecule has 1 unspecified atom stereocenters. The highest BCUT2D eigenvalue weighted by atomic mass is 16.5. The Labute approximate surface area is 125 Å². The zero-order chi connectivity index (χ0) is 15.4. The minimum atomic E-state index is -0.111. The van der Waals surface area contributed by atoms with Gasteiger partial charge in [-0.25, -0.2) is 4.98 Å².